The second-order valence-corrected chi connectivity index (χ2v) is 6.10. The smallest absolute Gasteiger partial charge is 0.147 e. The summed E-state index contributed by atoms with van der Waals surface area (Å²) in [7, 11) is 0. The molecule has 1 heterocycles. The van der Waals surface area contributed by atoms with Gasteiger partial charge in [0.2, 0.25) is 0 Å². The summed E-state index contributed by atoms with van der Waals surface area (Å²) >= 11 is 3.44. The second kappa shape index (κ2) is 6.42. The lowest BCUT2D eigenvalue weighted by Gasteiger charge is -2.32. The summed E-state index contributed by atoms with van der Waals surface area (Å²) in [6.07, 6.45) is 2.42. The summed E-state index contributed by atoms with van der Waals surface area (Å²) in [6, 6.07) is 18.7. The molecule has 3 rings (SSSR count). The second-order valence-electron chi connectivity index (χ2n) is 5.18. The van der Waals surface area contributed by atoms with Crippen LogP contribution in [-0.2, 0) is 0 Å². The molecule has 3 heteroatoms. The molecule has 0 radical (unpaired) electrons. The molecule has 0 spiro atoms. The third-order valence-corrected chi connectivity index (χ3v) is 4.23. The number of hydrogen-bond acceptors (Lipinski definition) is 2. The quantitative estimate of drug-likeness (QED) is 0.813. The Kier molecular flexibility index (Phi) is 4.38. The highest BCUT2D eigenvalue weighted by atomic mass is 79.9. The van der Waals surface area contributed by atoms with Crippen LogP contribution >= 0.6 is 15.9 Å². The van der Waals surface area contributed by atoms with Gasteiger partial charge in [-0.1, -0.05) is 46.3 Å². The van der Waals surface area contributed by atoms with Crippen LogP contribution in [0.3, 0.4) is 0 Å². The van der Waals surface area contributed by atoms with Crippen LogP contribution in [0.5, 0.6) is 5.75 Å². The molecule has 0 N–H and O–H groups in total. The van der Waals surface area contributed by atoms with Gasteiger partial charge in [0.25, 0.3) is 0 Å². The molecule has 0 saturated carbocycles. The van der Waals surface area contributed by atoms with Gasteiger partial charge in [-0.15, -0.1) is 5.06 Å². The molecule has 1 aliphatic heterocycles. The Balaban J connectivity index is 1.65. The van der Waals surface area contributed by atoms with Gasteiger partial charge in [-0.2, -0.15) is 0 Å². The summed E-state index contributed by atoms with van der Waals surface area (Å²) in [5, 5.41) is 2.09. The lowest BCUT2D eigenvalue weighted by molar-refractivity contribution is -0.0779. The number of nitrogens with zero attached hydrogens (tertiary/aromatic N) is 1. The Bertz CT molecular complexity index is 541. The van der Waals surface area contributed by atoms with Gasteiger partial charge in [-0.05, 0) is 48.6 Å². The third-order valence-electron chi connectivity index (χ3n) is 3.70. The topological polar surface area (TPSA) is 12.5 Å². The summed E-state index contributed by atoms with van der Waals surface area (Å²) in [4.78, 5) is 5.97. The zero-order valence-electron chi connectivity index (χ0n) is 11.3. The fourth-order valence-electron chi connectivity index (χ4n) is 2.67. The van der Waals surface area contributed by atoms with Crippen LogP contribution in [0, 0.1) is 0 Å². The Labute approximate surface area is 128 Å². The van der Waals surface area contributed by atoms with E-state index in [1.54, 1.807) is 0 Å². The minimum Gasteiger partial charge on any atom is -0.406 e. The maximum atomic E-state index is 5.97. The fraction of sp³-hybridized carbons (Fsp3) is 0.294. The Morgan fingerprint density at radius 1 is 1.00 bits per heavy atom. The van der Waals surface area contributed by atoms with E-state index in [1.807, 2.05) is 24.3 Å². The van der Waals surface area contributed by atoms with Gasteiger partial charge in [-0.25, -0.2) is 0 Å². The van der Waals surface area contributed by atoms with E-state index in [0.29, 0.717) is 5.92 Å². The van der Waals surface area contributed by atoms with Gasteiger partial charge in [-0.3, -0.25) is 0 Å². The van der Waals surface area contributed by atoms with Gasteiger partial charge in [0, 0.05) is 17.6 Å². The van der Waals surface area contributed by atoms with Crippen LogP contribution in [-0.4, -0.2) is 18.2 Å². The van der Waals surface area contributed by atoms with Gasteiger partial charge < -0.3 is 4.84 Å². The lowest BCUT2D eigenvalue weighted by Crippen LogP contribution is -2.36. The SMILES string of the molecule is Brc1ccc(ON2CCCC(c3ccccc3)C2)cc1. The van der Waals surface area contributed by atoms with Crippen LogP contribution in [0.1, 0.15) is 24.3 Å². The van der Waals surface area contributed by atoms with Crippen molar-refractivity contribution in [2.24, 2.45) is 0 Å². The van der Waals surface area contributed by atoms with Crippen molar-refractivity contribution in [2.75, 3.05) is 13.1 Å². The first kappa shape index (κ1) is 13.7. The zero-order valence-corrected chi connectivity index (χ0v) is 12.9. The predicted octanol–water partition coefficient (Wildman–Crippen LogP) is 4.62. The standard InChI is InChI=1S/C17H18BrNO/c18-16-8-10-17(11-9-16)20-19-12-4-7-15(13-19)14-5-2-1-3-6-14/h1-3,5-6,8-11,15H,4,7,12-13H2. The number of piperidine rings is 1. The molecular weight excluding hydrogens is 314 g/mol. The normalized spacial score (nSPS) is 19.8. The average molecular weight is 332 g/mol. The molecule has 2 aromatic carbocycles. The van der Waals surface area contributed by atoms with Crippen LogP contribution < -0.4 is 4.84 Å². The maximum absolute atomic E-state index is 5.97. The Morgan fingerprint density at radius 2 is 1.75 bits per heavy atom. The van der Waals surface area contributed by atoms with Crippen molar-refractivity contribution in [3.05, 3.63) is 64.6 Å². The van der Waals surface area contributed by atoms with Crippen molar-refractivity contribution in [1.29, 1.82) is 0 Å². The van der Waals surface area contributed by atoms with Crippen molar-refractivity contribution in [1.82, 2.24) is 5.06 Å². The summed E-state index contributed by atoms with van der Waals surface area (Å²) in [5.74, 6) is 1.47. The first-order valence-corrected chi connectivity index (χ1v) is 7.84. The van der Waals surface area contributed by atoms with E-state index in [2.05, 4.69) is 51.3 Å². The first-order chi connectivity index (χ1) is 9.81. The van der Waals surface area contributed by atoms with E-state index in [9.17, 15) is 0 Å². The molecular formula is C17H18BrNO. The number of hydroxylamine groups is 2. The molecule has 20 heavy (non-hydrogen) atoms. The molecule has 2 aromatic rings. The van der Waals surface area contributed by atoms with Crippen molar-refractivity contribution >= 4 is 15.9 Å². The van der Waals surface area contributed by atoms with Gasteiger partial charge in [0.1, 0.15) is 5.75 Å². The summed E-state index contributed by atoms with van der Waals surface area (Å²) < 4.78 is 1.07. The molecule has 1 aliphatic rings. The van der Waals surface area contributed by atoms with E-state index in [1.165, 1.54) is 18.4 Å². The van der Waals surface area contributed by atoms with E-state index in [0.717, 1.165) is 23.3 Å². The van der Waals surface area contributed by atoms with Gasteiger partial charge in [0.15, 0.2) is 0 Å². The molecule has 0 aromatic heterocycles. The Morgan fingerprint density at radius 3 is 2.50 bits per heavy atom. The van der Waals surface area contributed by atoms with Gasteiger partial charge in [0.05, 0.1) is 0 Å². The Hall–Kier alpha value is -1.32. The molecule has 1 fully saturated rings. The molecule has 0 aliphatic carbocycles. The van der Waals surface area contributed by atoms with Crippen LogP contribution in [0.25, 0.3) is 0 Å². The minimum atomic E-state index is 0.570. The van der Waals surface area contributed by atoms with E-state index < -0.39 is 0 Å². The highest BCUT2D eigenvalue weighted by Gasteiger charge is 2.22. The van der Waals surface area contributed by atoms with Crippen LogP contribution in [0.15, 0.2) is 59.1 Å². The predicted molar refractivity (Wildman–Crippen MR) is 84.8 cm³/mol. The molecule has 0 bridgehead atoms. The first-order valence-electron chi connectivity index (χ1n) is 7.05. The fourth-order valence-corrected chi connectivity index (χ4v) is 2.93. The maximum Gasteiger partial charge on any atom is 0.147 e. The average Bonchev–Trinajstić information content (AvgIpc) is 2.51. The molecule has 1 saturated heterocycles. The van der Waals surface area contributed by atoms with Crippen molar-refractivity contribution in [2.45, 2.75) is 18.8 Å². The van der Waals surface area contributed by atoms with Crippen LogP contribution in [0.2, 0.25) is 0 Å². The summed E-state index contributed by atoms with van der Waals surface area (Å²) in [5.41, 5.74) is 1.41. The third kappa shape index (κ3) is 3.41. The highest BCUT2D eigenvalue weighted by Crippen LogP contribution is 2.27. The number of rotatable bonds is 3. The highest BCUT2D eigenvalue weighted by molar-refractivity contribution is 9.10. The molecule has 1 atom stereocenters. The van der Waals surface area contributed by atoms with Crippen LogP contribution in [0.4, 0.5) is 0 Å². The van der Waals surface area contributed by atoms with E-state index in [4.69, 9.17) is 4.84 Å². The molecule has 0 amide bonds. The summed E-state index contributed by atoms with van der Waals surface area (Å²) in [6.45, 7) is 1.96. The lowest BCUT2D eigenvalue weighted by atomic mass is 9.92. The largest absolute Gasteiger partial charge is 0.406 e. The zero-order chi connectivity index (χ0) is 13.8. The number of halogens is 1. The van der Waals surface area contributed by atoms with Crippen molar-refractivity contribution < 1.29 is 4.84 Å². The van der Waals surface area contributed by atoms with Gasteiger partial charge >= 0.3 is 0 Å². The van der Waals surface area contributed by atoms with Crippen molar-refractivity contribution in [3.8, 4) is 5.75 Å². The number of hydrogen-bond donors (Lipinski definition) is 0. The molecule has 104 valence electrons. The van der Waals surface area contributed by atoms with E-state index >= 15 is 0 Å². The van der Waals surface area contributed by atoms with E-state index in [-0.39, 0.29) is 0 Å². The molecule has 2 nitrogen and oxygen atoms in total. The number of benzene rings is 2. The molecule has 1 unspecified atom stereocenters. The monoisotopic (exact) mass is 331 g/mol. The van der Waals surface area contributed by atoms with Crippen molar-refractivity contribution in [3.63, 3.8) is 0 Å². The minimum absolute atomic E-state index is 0.570.